The number of carbonyl (C=O) groups excluding carboxylic acids is 1. The summed E-state index contributed by atoms with van der Waals surface area (Å²) >= 11 is 0. The van der Waals surface area contributed by atoms with Gasteiger partial charge in [-0.25, -0.2) is 17.9 Å². The Bertz CT molecular complexity index is 715. The molecule has 0 heterocycles. The zero-order valence-corrected chi connectivity index (χ0v) is 14.8. The van der Waals surface area contributed by atoms with E-state index in [0.29, 0.717) is 0 Å². The minimum absolute atomic E-state index is 0.0274. The molecule has 0 radical (unpaired) electrons. The van der Waals surface area contributed by atoms with Crippen LogP contribution in [0.1, 0.15) is 37.6 Å². The van der Waals surface area contributed by atoms with E-state index < -0.39 is 27.9 Å². The maximum absolute atomic E-state index is 12.4. The van der Waals surface area contributed by atoms with Crippen LogP contribution >= 0.6 is 0 Å². The molecule has 1 unspecified atom stereocenters. The number of aliphatic carboxylic acids is 1. The number of carboxylic acids is 1. The van der Waals surface area contributed by atoms with E-state index in [4.69, 9.17) is 9.84 Å². The van der Waals surface area contributed by atoms with Gasteiger partial charge in [-0.15, -0.1) is 0 Å². The van der Waals surface area contributed by atoms with Crippen LogP contribution in [-0.4, -0.2) is 44.6 Å². The molecule has 0 aromatic heterocycles. The first-order valence-corrected chi connectivity index (χ1v) is 8.84. The summed E-state index contributed by atoms with van der Waals surface area (Å²) in [7, 11) is -2.56. The van der Waals surface area contributed by atoms with Gasteiger partial charge in [-0.05, 0) is 38.5 Å². The highest BCUT2D eigenvalue weighted by Crippen LogP contribution is 2.25. The van der Waals surface area contributed by atoms with Crippen LogP contribution in [0.4, 0.5) is 0 Å². The summed E-state index contributed by atoms with van der Waals surface area (Å²) in [5, 5.41) is 11.3. The Hall–Kier alpha value is -2.13. The summed E-state index contributed by atoms with van der Waals surface area (Å²) < 4.78 is 32.2. The summed E-state index contributed by atoms with van der Waals surface area (Å²) in [6.45, 7) is 4.95. The highest BCUT2D eigenvalue weighted by molar-refractivity contribution is 7.89. The molecular weight excluding hydrogens is 336 g/mol. The van der Waals surface area contributed by atoms with Crippen LogP contribution in [0, 0.1) is 0 Å². The topological polar surface area (TPSA) is 122 Å². The lowest BCUT2D eigenvalue weighted by atomic mass is 10.1. The molecule has 1 aromatic carbocycles. The molecule has 0 saturated heterocycles. The maximum Gasteiger partial charge on any atom is 0.326 e. The van der Waals surface area contributed by atoms with E-state index in [1.54, 1.807) is 20.8 Å². The van der Waals surface area contributed by atoms with Gasteiger partial charge in [-0.1, -0.05) is 6.92 Å². The Morgan fingerprint density at radius 3 is 2.38 bits per heavy atom. The van der Waals surface area contributed by atoms with Crippen LogP contribution in [0.3, 0.4) is 0 Å². The Labute approximate surface area is 141 Å². The number of hydrogen-bond donors (Lipinski definition) is 3. The second kappa shape index (κ2) is 8.11. The highest BCUT2D eigenvalue weighted by atomic mass is 32.2. The van der Waals surface area contributed by atoms with Gasteiger partial charge < -0.3 is 15.2 Å². The number of methoxy groups -OCH3 is 1. The van der Waals surface area contributed by atoms with Crippen LogP contribution in [0.25, 0.3) is 0 Å². The quantitative estimate of drug-likeness (QED) is 0.637. The summed E-state index contributed by atoms with van der Waals surface area (Å²) in [4.78, 5) is 23.0. The van der Waals surface area contributed by atoms with Crippen molar-refractivity contribution in [1.29, 1.82) is 0 Å². The van der Waals surface area contributed by atoms with Crippen LogP contribution in [0.5, 0.6) is 5.75 Å². The predicted octanol–water partition coefficient (Wildman–Crippen LogP) is 0.975. The van der Waals surface area contributed by atoms with E-state index in [1.165, 1.54) is 19.2 Å². The number of amides is 1. The van der Waals surface area contributed by atoms with Crippen LogP contribution < -0.4 is 14.8 Å². The third-order valence-corrected chi connectivity index (χ3v) is 4.80. The van der Waals surface area contributed by atoms with E-state index in [1.807, 2.05) is 0 Å². The highest BCUT2D eigenvalue weighted by Gasteiger charge is 2.24. The fraction of sp³-hybridized carbons (Fsp3) is 0.467. The molecule has 1 rings (SSSR count). The average molecular weight is 358 g/mol. The molecule has 134 valence electrons. The molecule has 1 amide bonds. The lowest BCUT2D eigenvalue weighted by Crippen LogP contribution is -2.40. The Kier molecular flexibility index (Phi) is 6.73. The second-order valence-corrected chi connectivity index (χ2v) is 7.10. The van der Waals surface area contributed by atoms with Crippen molar-refractivity contribution >= 4 is 21.9 Å². The van der Waals surface area contributed by atoms with Crippen molar-refractivity contribution in [3.05, 3.63) is 23.8 Å². The number of carbonyl (C=O) groups is 2. The van der Waals surface area contributed by atoms with E-state index in [2.05, 4.69) is 10.0 Å². The SMILES string of the molecule is CCC(NC(=O)c1ccc(OC)c(S(=O)(=O)NC(C)C)c1)C(=O)O. The number of rotatable bonds is 8. The fourth-order valence-electron chi connectivity index (χ4n) is 1.98. The largest absolute Gasteiger partial charge is 0.495 e. The van der Waals surface area contributed by atoms with Crippen molar-refractivity contribution in [2.24, 2.45) is 0 Å². The molecular formula is C15H22N2O6S. The number of benzene rings is 1. The molecule has 3 N–H and O–H groups in total. The number of ether oxygens (including phenoxy) is 1. The maximum atomic E-state index is 12.4. The summed E-state index contributed by atoms with van der Waals surface area (Å²) in [5.41, 5.74) is 0.0274. The van der Waals surface area contributed by atoms with Gasteiger partial charge in [0.2, 0.25) is 10.0 Å². The van der Waals surface area contributed by atoms with Gasteiger partial charge in [0.15, 0.2) is 0 Å². The van der Waals surface area contributed by atoms with Crippen molar-refractivity contribution in [2.75, 3.05) is 7.11 Å². The third-order valence-electron chi connectivity index (χ3n) is 3.12. The van der Waals surface area contributed by atoms with Crippen LogP contribution in [-0.2, 0) is 14.8 Å². The number of nitrogens with one attached hydrogen (secondary N) is 2. The molecule has 0 saturated carbocycles. The molecule has 24 heavy (non-hydrogen) atoms. The van der Waals surface area contributed by atoms with Crippen LogP contribution in [0.15, 0.2) is 23.1 Å². The van der Waals surface area contributed by atoms with Gasteiger partial charge in [-0.2, -0.15) is 0 Å². The molecule has 9 heteroatoms. The molecule has 0 spiro atoms. The number of hydrogen-bond acceptors (Lipinski definition) is 5. The van der Waals surface area contributed by atoms with Gasteiger partial charge in [0, 0.05) is 11.6 Å². The van der Waals surface area contributed by atoms with E-state index >= 15 is 0 Å². The van der Waals surface area contributed by atoms with Crippen molar-refractivity contribution in [3.8, 4) is 5.75 Å². The van der Waals surface area contributed by atoms with Crippen molar-refractivity contribution in [2.45, 2.75) is 44.2 Å². The van der Waals surface area contributed by atoms with E-state index in [-0.39, 0.29) is 28.7 Å². The zero-order valence-electron chi connectivity index (χ0n) is 14.0. The smallest absolute Gasteiger partial charge is 0.326 e. The molecule has 0 fully saturated rings. The van der Waals surface area contributed by atoms with Gasteiger partial charge in [0.1, 0.15) is 16.7 Å². The lowest BCUT2D eigenvalue weighted by Gasteiger charge is -2.15. The van der Waals surface area contributed by atoms with Crippen molar-refractivity contribution < 1.29 is 27.9 Å². The standard InChI is InChI=1S/C15H22N2O6S/c1-5-11(15(19)20)16-14(18)10-6-7-12(23-4)13(8-10)24(21,22)17-9(2)3/h6-9,11,17H,5H2,1-4H3,(H,16,18)(H,19,20). The first kappa shape index (κ1) is 19.9. The Morgan fingerprint density at radius 2 is 1.92 bits per heavy atom. The van der Waals surface area contributed by atoms with Crippen LogP contribution in [0.2, 0.25) is 0 Å². The molecule has 1 atom stereocenters. The first-order chi connectivity index (χ1) is 11.1. The average Bonchev–Trinajstić information content (AvgIpc) is 2.50. The molecule has 1 aromatic rings. The zero-order chi connectivity index (χ0) is 18.5. The van der Waals surface area contributed by atoms with E-state index in [0.717, 1.165) is 6.07 Å². The summed E-state index contributed by atoms with van der Waals surface area (Å²) in [6.07, 6.45) is 0.206. The van der Waals surface area contributed by atoms with Crippen molar-refractivity contribution in [3.63, 3.8) is 0 Å². The van der Waals surface area contributed by atoms with Gasteiger partial charge in [0.25, 0.3) is 5.91 Å². The predicted molar refractivity (Wildman–Crippen MR) is 87.6 cm³/mol. The molecule has 0 aliphatic heterocycles. The number of carboxylic acid groups (broad SMARTS) is 1. The molecule has 0 aliphatic rings. The fourth-order valence-corrected chi connectivity index (χ4v) is 3.43. The molecule has 8 nitrogen and oxygen atoms in total. The minimum atomic E-state index is -3.88. The summed E-state index contributed by atoms with van der Waals surface area (Å²) in [6, 6.07) is 2.50. The molecule has 0 bridgehead atoms. The normalized spacial score (nSPS) is 12.7. The Morgan fingerprint density at radius 1 is 1.29 bits per heavy atom. The van der Waals surface area contributed by atoms with Gasteiger partial charge in [-0.3, -0.25) is 4.79 Å². The van der Waals surface area contributed by atoms with Crippen molar-refractivity contribution in [1.82, 2.24) is 10.0 Å². The minimum Gasteiger partial charge on any atom is -0.495 e. The van der Waals surface area contributed by atoms with Gasteiger partial charge in [0.05, 0.1) is 7.11 Å². The molecule has 0 aliphatic carbocycles. The first-order valence-electron chi connectivity index (χ1n) is 7.36. The summed E-state index contributed by atoms with van der Waals surface area (Å²) in [5.74, 6) is -1.74. The number of sulfonamides is 1. The van der Waals surface area contributed by atoms with Gasteiger partial charge >= 0.3 is 5.97 Å². The monoisotopic (exact) mass is 358 g/mol. The third kappa shape index (κ3) is 4.93. The lowest BCUT2D eigenvalue weighted by molar-refractivity contribution is -0.139. The van der Waals surface area contributed by atoms with E-state index in [9.17, 15) is 18.0 Å². The Balaban J connectivity index is 3.23. The second-order valence-electron chi connectivity index (χ2n) is 5.41.